The van der Waals surface area contributed by atoms with Crippen LogP contribution in [-0.2, 0) is 22.4 Å². The van der Waals surface area contributed by atoms with Gasteiger partial charge in [-0.3, -0.25) is 4.79 Å². The van der Waals surface area contributed by atoms with Gasteiger partial charge < -0.3 is 15.0 Å². The summed E-state index contributed by atoms with van der Waals surface area (Å²) in [6, 6.07) is 0. The van der Waals surface area contributed by atoms with Crippen LogP contribution >= 0.6 is 12.4 Å². The van der Waals surface area contributed by atoms with E-state index in [1.54, 1.807) is 0 Å². The lowest BCUT2D eigenvalue weighted by atomic mass is 9.95. The van der Waals surface area contributed by atoms with Crippen LogP contribution in [0.2, 0.25) is 0 Å². The van der Waals surface area contributed by atoms with Crippen LogP contribution in [-0.4, -0.2) is 54.9 Å². The predicted octanol–water partition coefficient (Wildman–Crippen LogP) is 2.22. The minimum atomic E-state index is -4.38. The molecule has 1 aromatic heterocycles. The van der Waals surface area contributed by atoms with Crippen LogP contribution in [0.3, 0.4) is 0 Å². The maximum absolute atomic E-state index is 12.3. The number of ether oxygens (including phenoxy) is 1. The molecule has 2 aliphatic heterocycles. The number of nitrogens with one attached hydrogen (secondary N) is 1. The number of nitrogens with zero attached hydrogens (tertiary/aromatic N) is 3. The molecule has 0 unspecified atom stereocenters. The highest BCUT2D eigenvalue weighted by atomic mass is 35.5. The number of piperidine rings is 1. The molecule has 10 heteroatoms. The highest BCUT2D eigenvalue weighted by Crippen LogP contribution is 2.28. The first-order valence-electron chi connectivity index (χ1n) is 8.87. The average Bonchev–Trinajstić information content (AvgIpc) is 2.84. The fourth-order valence-electron chi connectivity index (χ4n) is 3.49. The summed E-state index contributed by atoms with van der Waals surface area (Å²) in [7, 11) is 0. The Morgan fingerprint density at radius 3 is 2.56 bits per heavy atom. The van der Waals surface area contributed by atoms with Gasteiger partial charge in [0.05, 0.1) is 18.9 Å². The van der Waals surface area contributed by atoms with Crippen molar-refractivity contribution in [2.45, 2.75) is 38.8 Å². The molecule has 0 atom stereocenters. The molecule has 1 amide bonds. The number of aromatic nitrogens is 2. The third kappa shape index (κ3) is 5.68. The van der Waals surface area contributed by atoms with Gasteiger partial charge in [-0.1, -0.05) is 0 Å². The molecular formula is C17H24ClF3N4O2. The van der Waals surface area contributed by atoms with Gasteiger partial charge in [0.1, 0.15) is 18.2 Å². The monoisotopic (exact) mass is 408 g/mol. The fourth-order valence-corrected chi connectivity index (χ4v) is 3.49. The van der Waals surface area contributed by atoms with E-state index in [1.165, 1.54) is 0 Å². The maximum atomic E-state index is 12.3. The van der Waals surface area contributed by atoms with Crippen molar-refractivity contribution in [2.75, 3.05) is 37.7 Å². The molecule has 0 radical (unpaired) electrons. The quantitative estimate of drug-likeness (QED) is 0.830. The van der Waals surface area contributed by atoms with Gasteiger partial charge >= 0.3 is 6.18 Å². The lowest BCUT2D eigenvalue weighted by molar-refractivity contribution is -0.141. The normalized spacial score (nSPS) is 18.3. The molecule has 0 aromatic carbocycles. The van der Waals surface area contributed by atoms with Gasteiger partial charge in [0.2, 0.25) is 5.91 Å². The standard InChI is InChI=1S/C17H23F3N4O2.ClH/c1-11-22-14-5-9-26-8-4-13(14)15(23-11)24-6-2-12(3-7-24)16(25)21-10-17(18,19)20;/h12H,2-10H2,1H3,(H,21,25);1H. The molecule has 3 rings (SSSR count). The van der Waals surface area contributed by atoms with Gasteiger partial charge in [0, 0.05) is 37.4 Å². The number of anilines is 1. The summed E-state index contributed by atoms with van der Waals surface area (Å²) >= 11 is 0. The summed E-state index contributed by atoms with van der Waals surface area (Å²) in [6.45, 7) is 3.03. The molecule has 0 saturated carbocycles. The summed E-state index contributed by atoms with van der Waals surface area (Å²) in [6.07, 6.45) is -1.86. The molecule has 27 heavy (non-hydrogen) atoms. The number of halogens is 4. The Balaban J connectivity index is 0.00000261. The first kappa shape index (κ1) is 21.7. The van der Waals surface area contributed by atoms with Crippen molar-refractivity contribution in [3.8, 4) is 0 Å². The Hall–Kier alpha value is -1.61. The number of amides is 1. The number of rotatable bonds is 3. The lowest BCUT2D eigenvalue weighted by Gasteiger charge is -2.33. The first-order valence-corrected chi connectivity index (χ1v) is 8.87. The van der Waals surface area contributed by atoms with Crippen LogP contribution in [0, 0.1) is 12.8 Å². The lowest BCUT2D eigenvalue weighted by Crippen LogP contribution is -2.43. The molecule has 1 aromatic rings. The Labute approximate surface area is 162 Å². The third-order valence-corrected chi connectivity index (χ3v) is 4.79. The highest BCUT2D eigenvalue weighted by Gasteiger charge is 2.32. The van der Waals surface area contributed by atoms with Crippen LogP contribution < -0.4 is 10.2 Å². The molecule has 2 aliphatic rings. The molecule has 0 spiro atoms. The van der Waals surface area contributed by atoms with E-state index in [9.17, 15) is 18.0 Å². The van der Waals surface area contributed by atoms with Crippen LogP contribution in [0.5, 0.6) is 0 Å². The zero-order valence-electron chi connectivity index (χ0n) is 15.1. The van der Waals surface area contributed by atoms with E-state index in [2.05, 4.69) is 14.9 Å². The molecule has 6 nitrogen and oxygen atoms in total. The summed E-state index contributed by atoms with van der Waals surface area (Å²) in [5, 5.41) is 1.99. The molecule has 1 fully saturated rings. The molecular weight excluding hydrogens is 385 g/mol. The smallest absolute Gasteiger partial charge is 0.381 e. The number of hydrogen-bond donors (Lipinski definition) is 1. The summed E-state index contributed by atoms with van der Waals surface area (Å²) < 4.78 is 42.3. The highest BCUT2D eigenvalue weighted by molar-refractivity contribution is 5.85. The number of fused-ring (bicyclic) bond motifs is 1. The summed E-state index contributed by atoms with van der Waals surface area (Å²) in [5.41, 5.74) is 2.10. The van der Waals surface area contributed by atoms with Crippen molar-refractivity contribution < 1.29 is 22.7 Å². The summed E-state index contributed by atoms with van der Waals surface area (Å²) in [5.74, 6) is 0.671. The van der Waals surface area contributed by atoms with Gasteiger partial charge in [-0.2, -0.15) is 13.2 Å². The van der Waals surface area contributed by atoms with Gasteiger partial charge in [0.25, 0.3) is 0 Å². The van der Waals surface area contributed by atoms with Crippen LogP contribution in [0.25, 0.3) is 0 Å². The topological polar surface area (TPSA) is 67.4 Å². The number of carbonyl (C=O) groups excluding carboxylic acids is 1. The first-order chi connectivity index (χ1) is 12.3. The van der Waals surface area contributed by atoms with Crippen molar-refractivity contribution in [2.24, 2.45) is 5.92 Å². The van der Waals surface area contributed by atoms with Gasteiger partial charge in [0.15, 0.2) is 0 Å². The number of hydrogen-bond acceptors (Lipinski definition) is 5. The fraction of sp³-hybridized carbons (Fsp3) is 0.706. The zero-order chi connectivity index (χ0) is 18.7. The van der Waals surface area contributed by atoms with E-state index in [0.29, 0.717) is 45.0 Å². The number of carbonyl (C=O) groups is 1. The van der Waals surface area contributed by atoms with E-state index >= 15 is 0 Å². The second-order valence-corrected chi connectivity index (χ2v) is 6.73. The van der Waals surface area contributed by atoms with Gasteiger partial charge in [-0.15, -0.1) is 12.4 Å². The van der Waals surface area contributed by atoms with E-state index in [-0.39, 0.29) is 12.4 Å². The number of aryl methyl sites for hydroxylation is 1. The van der Waals surface area contributed by atoms with Gasteiger partial charge in [-0.05, 0) is 19.8 Å². The average molecular weight is 409 g/mol. The van der Waals surface area contributed by atoms with Gasteiger partial charge in [-0.25, -0.2) is 9.97 Å². The minimum absolute atomic E-state index is 0. The van der Waals surface area contributed by atoms with E-state index < -0.39 is 24.5 Å². The van der Waals surface area contributed by atoms with E-state index in [0.717, 1.165) is 29.9 Å². The van der Waals surface area contributed by atoms with E-state index in [1.807, 2.05) is 12.2 Å². The van der Waals surface area contributed by atoms with Crippen molar-refractivity contribution in [3.05, 3.63) is 17.1 Å². The zero-order valence-corrected chi connectivity index (χ0v) is 16.0. The van der Waals surface area contributed by atoms with Crippen molar-refractivity contribution >= 4 is 24.1 Å². The Kier molecular flexibility index (Phi) is 7.27. The van der Waals surface area contributed by atoms with Crippen LogP contribution in [0.15, 0.2) is 0 Å². The Morgan fingerprint density at radius 1 is 1.22 bits per heavy atom. The summed E-state index contributed by atoms with van der Waals surface area (Å²) in [4.78, 5) is 23.2. The van der Waals surface area contributed by atoms with Crippen molar-refractivity contribution in [1.82, 2.24) is 15.3 Å². The molecule has 152 valence electrons. The maximum Gasteiger partial charge on any atom is 0.405 e. The van der Waals surface area contributed by atoms with Crippen LogP contribution in [0.4, 0.5) is 19.0 Å². The predicted molar refractivity (Wildman–Crippen MR) is 96.2 cm³/mol. The second kappa shape index (κ2) is 9.05. The Bertz CT molecular complexity index is 664. The van der Waals surface area contributed by atoms with Crippen molar-refractivity contribution in [1.29, 1.82) is 0 Å². The molecule has 0 bridgehead atoms. The second-order valence-electron chi connectivity index (χ2n) is 6.73. The van der Waals surface area contributed by atoms with Crippen LogP contribution in [0.1, 0.15) is 29.9 Å². The molecule has 1 saturated heterocycles. The Morgan fingerprint density at radius 2 is 1.89 bits per heavy atom. The third-order valence-electron chi connectivity index (χ3n) is 4.79. The molecule has 1 N–H and O–H groups in total. The van der Waals surface area contributed by atoms with E-state index in [4.69, 9.17) is 4.74 Å². The largest absolute Gasteiger partial charge is 0.405 e. The van der Waals surface area contributed by atoms with Crippen molar-refractivity contribution in [3.63, 3.8) is 0 Å². The molecule has 0 aliphatic carbocycles. The molecule has 3 heterocycles. The SMILES string of the molecule is Cc1nc2c(c(N3CCC(C(=O)NCC(F)(F)F)CC3)n1)CCOCC2.Cl. The minimum Gasteiger partial charge on any atom is -0.381 e. The number of alkyl halides is 3.